The summed E-state index contributed by atoms with van der Waals surface area (Å²) in [4.78, 5) is 24.5. The van der Waals surface area contributed by atoms with Crippen molar-refractivity contribution in [2.45, 2.75) is 31.7 Å². The van der Waals surface area contributed by atoms with E-state index in [-0.39, 0.29) is 29.2 Å². The second-order valence-electron chi connectivity index (χ2n) is 6.71. The third-order valence-corrected chi connectivity index (χ3v) is 4.94. The molecule has 2 aliphatic heterocycles. The van der Waals surface area contributed by atoms with Crippen molar-refractivity contribution in [1.82, 2.24) is 10.6 Å². The number of amides is 1. The van der Waals surface area contributed by atoms with Crippen LogP contribution in [-0.2, 0) is 4.79 Å². The molecule has 2 fully saturated rings. The van der Waals surface area contributed by atoms with Gasteiger partial charge in [-0.3, -0.25) is 14.9 Å². The molecule has 2 atom stereocenters. The number of hydrogen-bond acceptors (Lipinski definition) is 5. The Morgan fingerprint density at radius 2 is 2.24 bits per heavy atom. The maximum atomic E-state index is 14.2. The number of halogens is 1. The fourth-order valence-electron chi connectivity index (χ4n) is 3.68. The first-order chi connectivity index (χ1) is 12.1. The molecule has 3 rings (SSSR count). The molecule has 0 aromatic heterocycles. The van der Waals surface area contributed by atoms with Crippen molar-refractivity contribution >= 4 is 17.3 Å². The standard InChI is InChI=1S/C17H23FN4O3/c18-13-5-1-7-15(22(24)25)16(13)21-9-3-4-12(11-21)10-20-17(23)14-6-2-8-19-14/h1,5,7,12,14,19H,2-4,6,8-11H2,(H,20,23). The Kier molecular flexibility index (Phi) is 5.47. The molecule has 0 saturated carbocycles. The summed E-state index contributed by atoms with van der Waals surface area (Å²) in [6.45, 7) is 2.46. The minimum atomic E-state index is -0.575. The molecule has 2 N–H and O–H groups in total. The van der Waals surface area contributed by atoms with Crippen molar-refractivity contribution in [2.24, 2.45) is 5.92 Å². The number of anilines is 1. The molecule has 0 bridgehead atoms. The zero-order chi connectivity index (χ0) is 17.8. The average molecular weight is 350 g/mol. The summed E-state index contributed by atoms with van der Waals surface area (Å²) in [6, 6.07) is 3.81. The van der Waals surface area contributed by atoms with Crippen molar-refractivity contribution in [2.75, 3.05) is 31.1 Å². The first-order valence-corrected chi connectivity index (χ1v) is 8.75. The fourth-order valence-corrected chi connectivity index (χ4v) is 3.68. The topological polar surface area (TPSA) is 87.5 Å². The molecular weight excluding hydrogens is 327 g/mol. The van der Waals surface area contributed by atoms with Crippen molar-refractivity contribution in [3.8, 4) is 0 Å². The smallest absolute Gasteiger partial charge is 0.295 e. The Balaban J connectivity index is 1.63. The van der Waals surface area contributed by atoms with E-state index in [1.54, 1.807) is 4.90 Å². The number of benzene rings is 1. The van der Waals surface area contributed by atoms with Gasteiger partial charge in [0.05, 0.1) is 11.0 Å². The van der Waals surface area contributed by atoms with E-state index in [1.165, 1.54) is 18.2 Å². The number of para-hydroxylation sites is 1. The maximum Gasteiger partial charge on any atom is 0.295 e. The number of nitrogens with one attached hydrogen (secondary N) is 2. The summed E-state index contributed by atoms with van der Waals surface area (Å²) in [7, 11) is 0. The lowest BCUT2D eigenvalue weighted by Crippen LogP contribution is -2.45. The minimum absolute atomic E-state index is 0.00601. The lowest BCUT2D eigenvalue weighted by molar-refractivity contribution is -0.384. The number of rotatable bonds is 5. The van der Waals surface area contributed by atoms with Crippen LogP contribution in [0.15, 0.2) is 18.2 Å². The van der Waals surface area contributed by atoms with E-state index < -0.39 is 10.7 Å². The van der Waals surface area contributed by atoms with Gasteiger partial charge in [-0.25, -0.2) is 4.39 Å². The van der Waals surface area contributed by atoms with Crippen LogP contribution >= 0.6 is 0 Å². The molecule has 0 radical (unpaired) electrons. The van der Waals surface area contributed by atoms with Crippen LogP contribution in [-0.4, -0.2) is 43.1 Å². The molecule has 0 spiro atoms. The summed E-state index contributed by atoms with van der Waals surface area (Å²) in [5.74, 6) is -0.418. The summed E-state index contributed by atoms with van der Waals surface area (Å²) >= 11 is 0. The highest BCUT2D eigenvalue weighted by molar-refractivity contribution is 5.82. The normalized spacial score (nSPS) is 23.5. The largest absolute Gasteiger partial charge is 0.363 e. The van der Waals surface area contributed by atoms with Crippen LogP contribution in [0.25, 0.3) is 0 Å². The number of hydrogen-bond donors (Lipinski definition) is 2. The van der Waals surface area contributed by atoms with Gasteiger partial charge in [0.2, 0.25) is 5.91 Å². The van der Waals surface area contributed by atoms with Crippen LogP contribution < -0.4 is 15.5 Å². The second-order valence-corrected chi connectivity index (χ2v) is 6.71. The van der Waals surface area contributed by atoms with Gasteiger partial charge in [0, 0.05) is 25.7 Å². The Morgan fingerprint density at radius 1 is 1.40 bits per heavy atom. The van der Waals surface area contributed by atoms with E-state index in [0.29, 0.717) is 19.6 Å². The fraction of sp³-hybridized carbons (Fsp3) is 0.588. The van der Waals surface area contributed by atoms with Crippen LogP contribution in [0.3, 0.4) is 0 Å². The van der Waals surface area contributed by atoms with Gasteiger partial charge in [-0.05, 0) is 44.2 Å². The number of nitro benzene ring substituents is 1. The van der Waals surface area contributed by atoms with E-state index in [4.69, 9.17) is 0 Å². The lowest BCUT2D eigenvalue weighted by atomic mass is 9.97. The third-order valence-electron chi connectivity index (χ3n) is 4.94. The van der Waals surface area contributed by atoms with E-state index in [0.717, 1.165) is 32.2 Å². The molecular formula is C17H23FN4O3. The van der Waals surface area contributed by atoms with Crippen LogP contribution in [0.2, 0.25) is 0 Å². The molecule has 0 aliphatic carbocycles. The zero-order valence-corrected chi connectivity index (χ0v) is 14.0. The van der Waals surface area contributed by atoms with Gasteiger partial charge in [-0.2, -0.15) is 0 Å². The van der Waals surface area contributed by atoms with Crippen molar-refractivity contribution < 1.29 is 14.1 Å². The molecule has 2 heterocycles. The lowest BCUT2D eigenvalue weighted by Gasteiger charge is -2.34. The Bertz CT molecular complexity index is 649. The van der Waals surface area contributed by atoms with Crippen molar-refractivity contribution in [3.63, 3.8) is 0 Å². The molecule has 2 saturated heterocycles. The van der Waals surface area contributed by atoms with Crippen LogP contribution in [0.4, 0.5) is 15.8 Å². The number of carbonyl (C=O) groups is 1. The summed E-state index contributed by atoms with van der Waals surface area (Å²) < 4.78 is 14.2. The Morgan fingerprint density at radius 3 is 2.96 bits per heavy atom. The van der Waals surface area contributed by atoms with E-state index in [2.05, 4.69) is 10.6 Å². The minimum Gasteiger partial charge on any atom is -0.363 e. The second kappa shape index (κ2) is 7.77. The van der Waals surface area contributed by atoms with Gasteiger partial charge in [-0.15, -0.1) is 0 Å². The predicted molar refractivity (Wildman–Crippen MR) is 92.0 cm³/mol. The van der Waals surface area contributed by atoms with Gasteiger partial charge < -0.3 is 15.5 Å². The quantitative estimate of drug-likeness (QED) is 0.625. The van der Waals surface area contributed by atoms with Gasteiger partial charge in [-0.1, -0.05) is 6.07 Å². The Labute approximate surface area is 145 Å². The van der Waals surface area contributed by atoms with Crippen LogP contribution in [0.1, 0.15) is 25.7 Å². The highest BCUT2D eigenvalue weighted by Gasteiger charge is 2.29. The molecule has 1 aromatic carbocycles. The van der Waals surface area contributed by atoms with Gasteiger partial charge in [0.1, 0.15) is 0 Å². The molecule has 1 amide bonds. The molecule has 2 aliphatic rings. The van der Waals surface area contributed by atoms with Crippen molar-refractivity contribution in [1.29, 1.82) is 0 Å². The average Bonchev–Trinajstić information content (AvgIpc) is 3.14. The van der Waals surface area contributed by atoms with E-state index in [9.17, 15) is 19.3 Å². The summed E-state index contributed by atoms with van der Waals surface area (Å²) in [5.41, 5.74) is -0.152. The SMILES string of the molecule is O=C(NCC1CCCN(c2c(F)cccc2[N+](=O)[O-])C1)C1CCCN1. The number of nitrogens with zero attached hydrogens (tertiary/aromatic N) is 2. The van der Waals surface area contributed by atoms with Crippen molar-refractivity contribution in [3.05, 3.63) is 34.1 Å². The maximum absolute atomic E-state index is 14.2. The third kappa shape index (κ3) is 4.07. The number of carbonyl (C=O) groups excluding carboxylic acids is 1. The molecule has 8 heteroatoms. The van der Waals surface area contributed by atoms with Crippen LogP contribution in [0.5, 0.6) is 0 Å². The molecule has 1 aromatic rings. The first-order valence-electron chi connectivity index (χ1n) is 8.75. The highest BCUT2D eigenvalue weighted by Crippen LogP contribution is 2.33. The zero-order valence-electron chi connectivity index (χ0n) is 14.0. The summed E-state index contributed by atoms with van der Waals surface area (Å²) in [5, 5.41) is 17.3. The van der Waals surface area contributed by atoms with E-state index >= 15 is 0 Å². The first kappa shape index (κ1) is 17.6. The monoisotopic (exact) mass is 350 g/mol. The molecule has 136 valence electrons. The predicted octanol–water partition coefficient (Wildman–Crippen LogP) is 1.82. The number of piperidine rings is 1. The summed E-state index contributed by atoms with van der Waals surface area (Å²) in [6.07, 6.45) is 3.58. The highest BCUT2D eigenvalue weighted by atomic mass is 19.1. The Hall–Kier alpha value is -2.22. The van der Waals surface area contributed by atoms with Gasteiger partial charge in [0.15, 0.2) is 11.5 Å². The molecule has 25 heavy (non-hydrogen) atoms. The number of nitro groups is 1. The van der Waals surface area contributed by atoms with Crippen LogP contribution in [0, 0.1) is 21.8 Å². The van der Waals surface area contributed by atoms with Gasteiger partial charge in [0.25, 0.3) is 5.69 Å². The van der Waals surface area contributed by atoms with Gasteiger partial charge >= 0.3 is 0 Å². The molecule has 2 unspecified atom stereocenters. The van der Waals surface area contributed by atoms with E-state index in [1.807, 2.05) is 0 Å². The molecule has 7 nitrogen and oxygen atoms in total.